The van der Waals surface area contributed by atoms with E-state index in [0.717, 1.165) is 50.2 Å². The third kappa shape index (κ3) is 5.98. The number of carbonyl (C=O) groups excluding carboxylic acids is 1. The van der Waals surface area contributed by atoms with Crippen molar-refractivity contribution in [3.63, 3.8) is 0 Å². The maximum atomic E-state index is 12.5. The average molecular weight is 603 g/mol. The molecule has 0 spiro atoms. The minimum atomic E-state index is -0.962. The van der Waals surface area contributed by atoms with E-state index in [1.807, 2.05) is 54.1 Å². The summed E-state index contributed by atoms with van der Waals surface area (Å²) in [6.07, 6.45) is -0.133. The summed E-state index contributed by atoms with van der Waals surface area (Å²) in [5, 5.41) is 19.6. The predicted octanol–water partition coefficient (Wildman–Crippen LogP) is 7.81. The van der Waals surface area contributed by atoms with Gasteiger partial charge in [0, 0.05) is 28.8 Å². The van der Waals surface area contributed by atoms with E-state index in [-0.39, 0.29) is 24.9 Å². The minimum absolute atomic E-state index is 0.0677. The van der Waals surface area contributed by atoms with Gasteiger partial charge in [-0.3, -0.25) is 14.3 Å². The predicted molar refractivity (Wildman–Crippen MR) is 167 cm³/mol. The summed E-state index contributed by atoms with van der Waals surface area (Å²) in [7, 11) is 1.65. The van der Waals surface area contributed by atoms with Crippen LogP contribution in [0.15, 0.2) is 78.9 Å². The molecule has 1 unspecified atom stereocenters. The van der Waals surface area contributed by atoms with E-state index in [0.29, 0.717) is 15.6 Å². The molecule has 0 aliphatic rings. The molecule has 0 aliphatic heterocycles. The van der Waals surface area contributed by atoms with Crippen LogP contribution in [0.2, 0.25) is 10.0 Å². The number of fused-ring (bicyclic) bond motifs is 1. The van der Waals surface area contributed by atoms with Crippen LogP contribution in [0.4, 0.5) is 0 Å². The zero-order valence-electron chi connectivity index (χ0n) is 23.3. The smallest absolute Gasteiger partial charge is 0.305 e. The van der Waals surface area contributed by atoms with Crippen molar-refractivity contribution in [2.24, 2.45) is 0 Å². The van der Waals surface area contributed by atoms with Crippen LogP contribution in [-0.4, -0.2) is 40.4 Å². The van der Waals surface area contributed by atoms with Crippen LogP contribution >= 0.6 is 23.2 Å². The molecule has 42 heavy (non-hydrogen) atoms. The first-order chi connectivity index (χ1) is 20.2. The van der Waals surface area contributed by atoms with E-state index in [2.05, 4.69) is 30.4 Å². The van der Waals surface area contributed by atoms with Crippen molar-refractivity contribution < 1.29 is 19.4 Å². The number of hydrogen-bond donors (Lipinski definition) is 2. The number of amides is 1. The monoisotopic (exact) mass is 601 g/mol. The number of carboxylic acid groups (broad SMARTS) is 1. The number of methoxy groups -OCH3 is 1. The second-order valence-electron chi connectivity index (χ2n) is 10.0. The van der Waals surface area contributed by atoms with Gasteiger partial charge in [-0.2, -0.15) is 5.10 Å². The quantitative estimate of drug-likeness (QED) is 0.180. The van der Waals surface area contributed by atoms with Crippen LogP contribution in [0, 0.1) is 6.92 Å². The Labute approximate surface area is 253 Å². The lowest BCUT2D eigenvalue weighted by Crippen LogP contribution is -2.26. The van der Waals surface area contributed by atoms with Crippen LogP contribution in [-0.2, 0) is 4.79 Å². The highest BCUT2D eigenvalue weighted by molar-refractivity contribution is 6.42. The van der Waals surface area contributed by atoms with Crippen LogP contribution in [0.25, 0.3) is 33.3 Å². The lowest BCUT2D eigenvalue weighted by atomic mass is 9.99. The Bertz CT molecular complexity index is 1800. The first-order valence-electron chi connectivity index (χ1n) is 13.4. The van der Waals surface area contributed by atoms with Gasteiger partial charge in [-0.15, -0.1) is 0 Å². The number of aromatic nitrogens is 2. The molecule has 5 aromatic rings. The van der Waals surface area contributed by atoms with Gasteiger partial charge >= 0.3 is 5.97 Å². The molecule has 1 heterocycles. The molecule has 4 aromatic carbocycles. The van der Waals surface area contributed by atoms with Gasteiger partial charge in [0.2, 0.25) is 0 Å². The molecule has 0 bridgehead atoms. The second kappa shape index (κ2) is 12.3. The Balaban J connectivity index is 1.56. The fourth-order valence-electron chi connectivity index (χ4n) is 5.00. The molecule has 9 heteroatoms. The molecule has 2 N–H and O–H groups in total. The fourth-order valence-corrected chi connectivity index (χ4v) is 5.30. The molecule has 1 amide bonds. The highest BCUT2D eigenvalue weighted by Gasteiger charge is 2.23. The number of carbonyl (C=O) groups is 2. The Morgan fingerprint density at radius 2 is 1.62 bits per heavy atom. The number of hydrogen-bond acceptors (Lipinski definition) is 4. The largest absolute Gasteiger partial charge is 0.497 e. The molecule has 1 aromatic heterocycles. The number of benzene rings is 4. The number of nitrogens with one attached hydrogen (secondary N) is 1. The molecule has 7 nitrogen and oxygen atoms in total. The minimum Gasteiger partial charge on any atom is -0.497 e. The normalized spacial score (nSPS) is 11.8. The molecule has 214 valence electrons. The molecule has 0 radical (unpaired) electrons. The molecule has 0 saturated heterocycles. The van der Waals surface area contributed by atoms with Crippen molar-refractivity contribution >= 4 is 45.9 Å². The van der Waals surface area contributed by atoms with Crippen molar-refractivity contribution in [1.82, 2.24) is 15.1 Å². The molecule has 5 rings (SSSR count). The SMILES string of the molecule is COc1ccc2cc(-c3c(C)c(-c4ccc(Cl)c(Cl)c4)nn3C(C)c3ccc(C(=O)NCCC(=O)O)cc3)ccc2c1. The maximum absolute atomic E-state index is 12.5. The Hall–Kier alpha value is -4.33. The number of rotatable bonds is 9. The maximum Gasteiger partial charge on any atom is 0.305 e. The van der Waals surface area contributed by atoms with Gasteiger partial charge in [0.1, 0.15) is 5.75 Å². The lowest BCUT2D eigenvalue weighted by molar-refractivity contribution is -0.136. The summed E-state index contributed by atoms with van der Waals surface area (Å²) < 4.78 is 7.39. The van der Waals surface area contributed by atoms with Gasteiger partial charge in [0.05, 0.1) is 41.0 Å². The van der Waals surface area contributed by atoms with Gasteiger partial charge in [0.15, 0.2) is 0 Å². The number of halogens is 2. The van der Waals surface area contributed by atoms with Gasteiger partial charge in [-0.25, -0.2) is 0 Å². The molecule has 0 aliphatic carbocycles. The van der Waals surface area contributed by atoms with E-state index in [1.54, 1.807) is 25.3 Å². The van der Waals surface area contributed by atoms with Crippen LogP contribution < -0.4 is 10.1 Å². The van der Waals surface area contributed by atoms with Crippen molar-refractivity contribution in [3.8, 4) is 28.3 Å². The Morgan fingerprint density at radius 3 is 2.31 bits per heavy atom. The van der Waals surface area contributed by atoms with E-state index in [4.69, 9.17) is 38.1 Å². The Kier molecular flexibility index (Phi) is 8.52. The van der Waals surface area contributed by atoms with Gasteiger partial charge in [0.25, 0.3) is 5.91 Å². The highest BCUT2D eigenvalue weighted by atomic mass is 35.5. The average Bonchev–Trinajstić information content (AvgIpc) is 3.34. The number of nitrogens with zero attached hydrogens (tertiary/aromatic N) is 2. The Morgan fingerprint density at radius 1 is 0.929 bits per heavy atom. The third-order valence-electron chi connectivity index (χ3n) is 7.31. The lowest BCUT2D eigenvalue weighted by Gasteiger charge is -2.18. The summed E-state index contributed by atoms with van der Waals surface area (Å²) in [5.41, 5.74) is 6.00. The third-order valence-corrected chi connectivity index (χ3v) is 8.05. The highest BCUT2D eigenvalue weighted by Crippen LogP contribution is 2.38. The van der Waals surface area contributed by atoms with Crippen LogP contribution in [0.5, 0.6) is 5.75 Å². The summed E-state index contributed by atoms with van der Waals surface area (Å²) >= 11 is 12.6. The summed E-state index contributed by atoms with van der Waals surface area (Å²) in [6.45, 7) is 4.17. The van der Waals surface area contributed by atoms with Crippen molar-refractivity contribution in [2.75, 3.05) is 13.7 Å². The number of aliphatic carboxylic acids is 1. The second-order valence-corrected chi connectivity index (χ2v) is 10.8. The van der Waals surface area contributed by atoms with E-state index < -0.39 is 5.97 Å². The molecule has 0 saturated carbocycles. The first kappa shape index (κ1) is 29.2. The van der Waals surface area contributed by atoms with Crippen LogP contribution in [0.3, 0.4) is 0 Å². The molecule has 0 fully saturated rings. The summed E-state index contributed by atoms with van der Waals surface area (Å²) in [4.78, 5) is 23.2. The summed E-state index contributed by atoms with van der Waals surface area (Å²) in [6, 6.07) is 24.9. The van der Waals surface area contributed by atoms with E-state index >= 15 is 0 Å². The summed E-state index contributed by atoms with van der Waals surface area (Å²) in [5.74, 6) is -0.483. The van der Waals surface area contributed by atoms with Crippen molar-refractivity contribution in [3.05, 3.63) is 106 Å². The number of carboxylic acids is 1. The van der Waals surface area contributed by atoms with E-state index in [9.17, 15) is 9.59 Å². The topological polar surface area (TPSA) is 93.5 Å². The van der Waals surface area contributed by atoms with Gasteiger partial charge in [-0.05, 0) is 72.6 Å². The zero-order valence-corrected chi connectivity index (χ0v) is 24.8. The van der Waals surface area contributed by atoms with Crippen molar-refractivity contribution in [2.45, 2.75) is 26.3 Å². The zero-order chi connectivity index (χ0) is 30.0. The number of ether oxygens (including phenoxy) is 1. The molecular weight excluding hydrogens is 573 g/mol. The van der Waals surface area contributed by atoms with Gasteiger partial charge < -0.3 is 15.2 Å². The van der Waals surface area contributed by atoms with Crippen molar-refractivity contribution in [1.29, 1.82) is 0 Å². The fraction of sp³-hybridized carbons (Fsp3) is 0.182. The van der Waals surface area contributed by atoms with Crippen LogP contribution in [0.1, 0.15) is 40.9 Å². The van der Waals surface area contributed by atoms with E-state index in [1.165, 1.54) is 0 Å². The molecular formula is C33H29Cl2N3O4. The molecule has 1 atom stereocenters. The van der Waals surface area contributed by atoms with Gasteiger partial charge in [-0.1, -0.05) is 59.6 Å². The standard InChI is InChI=1S/C33H29Cl2N3O4/c1-19-31(25-11-13-28(34)29(35)18-25)37-38(32(19)26-9-8-24-17-27(42-3)12-10-23(24)16-26)20(2)21-4-6-22(7-5-21)33(41)36-15-14-30(39)40/h4-13,16-18,20H,14-15H2,1-3H3,(H,36,41)(H,39,40). The first-order valence-corrected chi connectivity index (χ1v) is 14.1.